The molecule has 4 nitrogen and oxygen atoms in total. The molecule has 4 heteroatoms. The van der Waals surface area contributed by atoms with E-state index >= 15 is 0 Å². The molecule has 1 aliphatic rings. The van der Waals surface area contributed by atoms with Crippen LogP contribution in [0.4, 0.5) is 4.79 Å². The zero-order valence-corrected chi connectivity index (χ0v) is 13.1. The minimum absolute atomic E-state index is 0.0671. The zero-order valence-electron chi connectivity index (χ0n) is 13.1. The van der Waals surface area contributed by atoms with Gasteiger partial charge in [0.15, 0.2) is 0 Å². The highest BCUT2D eigenvalue weighted by Crippen LogP contribution is 2.23. The first-order chi connectivity index (χ1) is 8.70. The summed E-state index contributed by atoms with van der Waals surface area (Å²) >= 11 is 0. The van der Waals surface area contributed by atoms with Crippen LogP contribution in [-0.2, 0) is 4.74 Å². The smallest absolute Gasteiger partial charge is 0.410 e. The lowest BCUT2D eigenvalue weighted by molar-refractivity contribution is 0.0129. The Morgan fingerprint density at radius 3 is 2.53 bits per heavy atom. The molecule has 0 radical (unpaired) electrons. The number of hydrogen-bond donors (Lipinski definition) is 1. The van der Waals surface area contributed by atoms with E-state index in [2.05, 4.69) is 13.8 Å². The van der Waals surface area contributed by atoms with Crippen molar-refractivity contribution in [3.05, 3.63) is 0 Å². The third-order valence-electron chi connectivity index (χ3n) is 3.42. The molecule has 2 unspecified atom stereocenters. The van der Waals surface area contributed by atoms with Crippen molar-refractivity contribution in [3.63, 3.8) is 0 Å². The van der Waals surface area contributed by atoms with Crippen molar-refractivity contribution in [2.75, 3.05) is 6.54 Å². The number of nitrogens with two attached hydrogens (primary N) is 1. The molecule has 1 aliphatic heterocycles. The van der Waals surface area contributed by atoms with Gasteiger partial charge in [-0.15, -0.1) is 0 Å². The summed E-state index contributed by atoms with van der Waals surface area (Å²) in [5, 5.41) is 0. The highest BCUT2D eigenvalue weighted by Gasteiger charge is 2.33. The summed E-state index contributed by atoms with van der Waals surface area (Å²) in [6.45, 7) is 10.8. The molecule has 0 saturated carbocycles. The topological polar surface area (TPSA) is 55.6 Å². The number of nitrogens with zero attached hydrogens (tertiary/aromatic N) is 1. The fraction of sp³-hybridized carbons (Fsp3) is 0.933. The normalized spacial score (nSPS) is 25.3. The maximum atomic E-state index is 12.4. The lowest BCUT2D eigenvalue weighted by Crippen LogP contribution is -2.51. The molecule has 0 spiro atoms. The van der Waals surface area contributed by atoms with Gasteiger partial charge in [0, 0.05) is 12.6 Å². The molecule has 0 aromatic carbocycles. The Morgan fingerprint density at radius 1 is 1.37 bits per heavy atom. The maximum absolute atomic E-state index is 12.4. The van der Waals surface area contributed by atoms with Gasteiger partial charge in [0.1, 0.15) is 5.60 Å². The molecule has 0 bridgehead atoms. The van der Waals surface area contributed by atoms with Gasteiger partial charge < -0.3 is 15.4 Å². The highest BCUT2D eigenvalue weighted by molar-refractivity contribution is 5.68. The molecule has 2 N–H and O–H groups in total. The molecular formula is C15H30N2O2. The van der Waals surface area contributed by atoms with E-state index in [0.29, 0.717) is 5.92 Å². The van der Waals surface area contributed by atoms with Crippen LogP contribution in [0.1, 0.15) is 60.3 Å². The minimum atomic E-state index is -0.449. The van der Waals surface area contributed by atoms with Gasteiger partial charge in [0.2, 0.25) is 0 Å². The summed E-state index contributed by atoms with van der Waals surface area (Å²) < 4.78 is 5.52. The second-order valence-electron chi connectivity index (χ2n) is 7.03. The summed E-state index contributed by atoms with van der Waals surface area (Å²) in [6, 6.07) is 0.176. The highest BCUT2D eigenvalue weighted by atomic mass is 16.6. The van der Waals surface area contributed by atoms with Gasteiger partial charge in [-0.3, -0.25) is 0 Å². The van der Waals surface area contributed by atoms with Gasteiger partial charge >= 0.3 is 6.09 Å². The Bertz CT molecular complexity index is 297. The molecule has 1 heterocycles. The van der Waals surface area contributed by atoms with Crippen LogP contribution >= 0.6 is 0 Å². The number of likely N-dealkylation sites (tertiary alicyclic amines) is 1. The number of carbonyl (C=O) groups excluding carboxylic acids is 1. The summed E-state index contributed by atoms with van der Waals surface area (Å²) in [7, 11) is 0. The van der Waals surface area contributed by atoms with Crippen molar-refractivity contribution >= 4 is 6.09 Å². The van der Waals surface area contributed by atoms with Gasteiger partial charge in [0.25, 0.3) is 0 Å². The maximum Gasteiger partial charge on any atom is 0.410 e. The van der Waals surface area contributed by atoms with Crippen molar-refractivity contribution in [1.82, 2.24) is 4.90 Å². The van der Waals surface area contributed by atoms with Gasteiger partial charge in [0.05, 0.1) is 6.04 Å². The van der Waals surface area contributed by atoms with Crippen LogP contribution in [0, 0.1) is 5.92 Å². The average molecular weight is 270 g/mol. The first kappa shape index (κ1) is 16.3. The van der Waals surface area contributed by atoms with Gasteiger partial charge in [-0.1, -0.05) is 20.3 Å². The Balaban J connectivity index is 2.81. The fourth-order valence-electron chi connectivity index (χ4n) is 2.58. The van der Waals surface area contributed by atoms with Crippen molar-refractivity contribution in [2.45, 2.75) is 78.0 Å². The van der Waals surface area contributed by atoms with E-state index in [9.17, 15) is 4.79 Å². The summed E-state index contributed by atoms with van der Waals surface area (Å²) in [5.74, 6) is 0.527. The molecule has 2 atom stereocenters. The molecular weight excluding hydrogens is 240 g/mol. The van der Waals surface area contributed by atoms with Crippen molar-refractivity contribution in [2.24, 2.45) is 11.7 Å². The number of amides is 1. The van der Waals surface area contributed by atoms with Crippen LogP contribution in [-0.4, -0.2) is 35.2 Å². The quantitative estimate of drug-likeness (QED) is 0.838. The first-order valence-electron chi connectivity index (χ1n) is 7.46. The lowest BCUT2D eigenvalue weighted by Gasteiger charge is -2.35. The summed E-state index contributed by atoms with van der Waals surface area (Å²) in [6.07, 6.45) is 3.84. The van der Waals surface area contributed by atoms with Crippen LogP contribution in [0.5, 0.6) is 0 Å². The van der Waals surface area contributed by atoms with Crippen LogP contribution < -0.4 is 5.73 Å². The minimum Gasteiger partial charge on any atom is -0.444 e. The van der Waals surface area contributed by atoms with Gasteiger partial charge in [-0.2, -0.15) is 0 Å². The molecule has 0 aliphatic carbocycles. The van der Waals surface area contributed by atoms with Crippen molar-refractivity contribution < 1.29 is 9.53 Å². The van der Waals surface area contributed by atoms with Crippen LogP contribution in [0.15, 0.2) is 0 Å². The number of rotatable bonds is 2. The van der Waals surface area contributed by atoms with E-state index in [1.54, 1.807) is 0 Å². The van der Waals surface area contributed by atoms with E-state index in [-0.39, 0.29) is 18.2 Å². The molecule has 0 aromatic rings. The van der Waals surface area contributed by atoms with E-state index in [4.69, 9.17) is 10.5 Å². The van der Waals surface area contributed by atoms with Crippen molar-refractivity contribution in [1.29, 1.82) is 0 Å². The number of carbonyl (C=O) groups is 1. The molecule has 112 valence electrons. The second kappa shape index (κ2) is 6.60. The summed E-state index contributed by atoms with van der Waals surface area (Å²) in [5.41, 5.74) is 5.82. The Labute approximate surface area is 117 Å². The van der Waals surface area contributed by atoms with Crippen LogP contribution in [0.3, 0.4) is 0 Å². The standard InChI is InChI=1S/C15H30N2O2/c1-11(2)10-13-12(16)8-6-7-9-17(13)14(18)19-15(3,4)5/h11-13H,6-10,16H2,1-5H3. The average Bonchev–Trinajstić information content (AvgIpc) is 2.39. The second-order valence-corrected chi connectivity index (χ2v) is 7.03. The molecule has 0 aromatic heterocycles. The van der Waals surface area contributed by atoms with Gasteiger partial charge in [-0.25, -0.2) is 4.79 Å². The number of hydrogen-bond acceptors (Lipinski definition) is 3. The van der Waals surface area contributed by atoms with Crippen LogP contribution in [0.2, 0.25) is 0 Å². The lowest BCUT2D eigenvalue weighted by atomic mass is 9.95. The van der Waals surface area contributed by atoms with E-state index in [1.807, 2.05) is 25.7 Å². The molecule has 19 heavy (non-hydrogen) atoms. The largest absolute Gasteiger partial charge is 0.444 e. The third-order valence-corrected chi connectivity index (χ3v) is 3.42. The summed E-state index contributed by atoms with van der Waals surface area (Å²) in [4.78, 5) is 14.2. The SMILES string of the molecule is CC(C)CC1C(N)CCCCN1C(=O)OC(C)(C)C. The Morgan fingerprint density at radius 2 is 2.00 bits per heavy atom. The predicted octanol–water partition coefficient (Wildman–Crippen LogP) is 3.15. The van der Waals surface area contributed by atoms with Gasteiger partial charge in [-0.05, 0) is 46.0 Å². The molecule has 1 rings (SSSR count). The Kier molecular flexibility index (Phi) is 5.65. The predicted molar refractivity (Wildman–Crippen MR) is 78.0 cm³/mol. The van der Waals surface area contributed by atoms with E-state index < -0.39 is 5.60 Å². The first-order valence-corrected chi connectivity index (χ1v) is 7.46. The molecule has 1 fully saturated rings. The van der Waals surface area contributed by atoms with Crippen LogP contribution in [0.25, 0.3) is 0 Å². The monoisotopic (exact) mass is 270 g/mol. The Hall–Kier alpha value is -0.770. The van der Waals surface area contributed by atoms with E-state index in [1.165, 1.54) is 0 Å². The van der Waals surface area contributed by atoms with Crippen molar-refractivity contribution in [3.8, 4) is 0 Å². The van der Waals surface area contributed by atoms with E-state index in [0.717, 1.165) is 32.2 Å². The molecule has 1 amide bonds. The zero-order chi connectivity index (χ0) is 14.6. The fourth-order valence-corrected chi connectivity index (χ4v) is 2.58. The molecule has 1 saturated heterocycles. The number of ether oxygens (including phenoxy) is 1. The third kappa shape index (κ3) is 5.39.